The molecule has 0 aromatic heterocycles. The molecular weight excluding hydrogens is 284 g/mol. The Morgan fingerprint density at radius 2 is 2.00 bits per heavy atom. The Balaban J connectivity index is 2.00. The van der Waals surface area contributed by atoms with Crippen LogP contribution in [0.15, 0.2) is 29.2 Å². The Morgan fingerprint density at radius 1 is 1.29 bits per heavy atom. The zero-order chi connectivity index (χ0) is 15.3. The summed E-state index contributed by atoms with van der Waals surface area (Å²) in [4.78, 5) is 0.356. The number of rotatable bonds is 6. The van der Waals surface area contributed by atoms with Crippen molar-refractivity contribution < 1.29 is 8.42 Å². The van der Waals surface area contributed by atoms with Crippen LogP contribution in [-0.4, -0.2) is 28.1 Å². The van der Waals surface area contributed by atoms with Crippen LogP contribution in [0.2, 0.25) is 0 Å². The first-order valence-corrected chi connectivity index (χ1v) is 9.23. The van der Waals surface area contributed by atoms with E-state index >= 15 is 0 Å². The lowest BCUT2D eigenvalue weighted by Gasteiger charge is -2.34. The van der Waals surface area contributed by atoms with E-state index in [2.05, 4.69) is 23.9 Å². The minimum atomic E-state index is -3.41. The summed E-state index contributed by atoms with van der Waals surface area (Å²) in [5.41, 5.74) is 1.19. The molecule has 0 amide bonds. The van der Waals surface area contributed by atoms with Crippen LogP contribution < -0.4 is 10.0 Å². The molecule has 2 N–H and O–H groups in total. The topological polar surface area (TPSA) is 58.2 Å². The van der Waals surface area contributed by atoms with E-state index in [0.29, 0.717) is 11.4 Å². The fourth-order valence-electron chi connectivity index (χ4n) is 2.75. The predicted octanol–water partition coefficient (Wildman–Crippen LogP) is 2.31. The van der Waals surface area contributed by atoms with Crippen molar-refractivity contribution in [3.05, 3.63) is 29.8 Å². The first kappa shape index (κ1) is 16.5. The van der Waals surface area contributed by atoms with Gasteiger partial charge in [-0.25, -0.2) is 13.1 Å². The number of hydrogen-bond acceptors (Lipinski definition) is 3. The second kappa shape index (κ2) is 6.90. The molecule has 21 heavy (non-hydrogen) atoms. The lowest BCUT2D eigenvalue weighted by Crippen LogP contribution is -2.45. The predicted molar refractivity (Wildman–Crippen MR) is 85.8 cm³/mol. The van der Waals surface area contributed by atoms with Crippen molar-refractivity contribution in [3.8, 4) is 0 Å². The molecule has 1 aromatic rings. The molecule has 0 saturated carbocycles. The van der Waals surface area contributed by atoms with Crippen LogP contribution in [0.4, 0.5) is 0 Å². The highest BCUT2D eigenvalue weighted by Crippen LogP contribution is 2.25. The number of hydrogen-bond donors (Lipinski definition) is 2. The third-order valence-corrected chi connectivity index (χ3v) is 5.56. The molecule has 1 atom stereocenters. The zero-order valence-corrected chi connectivity index (χ0v) is 13.8. The summed E-state index contributed by atoms with van der Waals surface area (Å²) < 4.78 is 27.5. The quantitative estimate of drug-likeness (QED) is 0.848. The maximum absolute atomic E-state index is 12.4. The third-order valence-electron chi connectivity index (χ3n) is 4.15. The van der Waals surface area contributed by atoms with Gasteiger partial charge in [-0.3, -0.25) is 0 Å². The van der Waals surface area contributed by atoms with Crippen molar-refractivity contribution >= 4 is 10.0 Å². The molecule has 4 nitrogen and oxygen atoms in total. The molecule has 0 aliphatic carbocycles. The first-order chi connectivity index (χ1) is 9.95. The van der Waals surface area contributed by atoms with Crippen molar-refractivity contribution in [2.24, 2.45) is 5.41 Å². The van der Waals surface area contributed by atoms with Gasteiger partial charge in [-0.15, -0.1) is 0 Å². The third kappa shape index (κ3) is 4.53. The van der Waals surface area contributed by atoms with Crippen LogP contribution in [0.1, 0.15) is 38.7 Å². The van der Waals surface area contributed by atoms with Crippen molar-refractivity contribution in [3.63, 3.8) is 0 Å². The molecular formula is C16H26N2O2S. The molecule has 1 heterocycles. The van der Waals surface area contributed by atoms with E-state index in [1.165, 1.54) is 5.56 Å². The summed E-state index contributed by atoms with van der Waals surface area (Å²) >= 11 is 0. The average molecular weight is 310 g/mol. The summed E-state index contributed by atoms with van der Waals surface area (Å²) in [5.74, 6) is 0. The molecule has 1 aliphatic rings. The minimum absolute atomic E-state index is 0.00741. The lowest BCUT2D eigenvalue weighted by atomic mass is 9.83. The second-order valence-electron chi connectivity index (χ2n) is 6.31. The zero-order valence-electron chi connectivity index (χ0n) is 13.0. The normalized spacial score (nSPS) is 23.1. The van der Waals surface area contributed by atoms with Crippen LogP contribution in [-0.2, 0) is 16.4 Å². The standard InChI is InChI=1S/C16H26N2O2S/c1-3-5-14-6-8-15(9-7-14)21(19,20)18-13-16(2)10-4-11-17-12-16/h6-9,17-18H,3-5,10-13H2,1-2H3. The molecule has 0 radical (unpaired) electrons. The Kier molecular flexibility index (Phi) is 5.41. The summed E-state index contributed by atoms with van der Waals surface area (Å²) in [7, 11) is -3.41. The van der Waals surface area contributed by atoms with Gasteiger partial charge in [-0.05, 0) is 48.9 Å². The van der Waals surface area contributed by atoms with E-state index in [0.717, 1.165) is 38.8 Å². The smallest absolute Gasteiger partial charge is 0.240 e. The molecule has 118 valence electrons. The molecule has 5 heteroatoms. The van der Waals surface area contributed by atoms with Gasteiger partial charge in [0.25, 0.3) is 0 Å². The number of nitrogens with one attached hydrogen (secondary N) is 2. The number of sulfonamides is 1. The average Bonchev–Trinajstić information content (AvgIpc) is 2.47. The molecule has 1 unspecified atom stereocenters. The fraction of sp³-hybridized carbons (Fsp3) is 0.625. The maximum atomic E-state index is 12.4. The van der Waals surface area contributed by atoms with Crippen LogP contribution in [0.25, 0.3) is 0 Å². The van der Waals surface area contributed by atoms with Crippen LogP contribution in [0.3, 0.4) is 0 Å². The number of piperidine rings is 1. The van der Waals surface area contributed by atoms with Crippen LogP contribution in [0.5, 0.6) is 0 Å². The van der Waals surface area contributed by atoms with Gasteiger partial charge < -0.3 is 5.32 Å². The van der Waals surface area contributed by atoms with E-state index in [9.17, 15) is 8.42 Å². The Labute approximate surface area is 128 Å². The first-order valence-electron chi connectivity index (χ1n) is 7.74. The largest absolute Gasteiger partial charge is 0.316 e. The summed E-state index contributed by atoms with van der Waals surface area (Å²) in [6, 6.07) is 7.22. The monoisotopic (exact) mass is 310 g/mol. The van der Waals surface area contributed by atoms with E-state index in [4.69, 9.17) is 0 Å². The highest BCUT2D eigenvalue weighted by atomic mass is 32.2. The van der Waals surface area contributed by atoms with Gasteiger partial charge in [-0.1, -0.05) is 32.4 Å². The Morgan fingerprint density at radius 3 is 2.57 bits per heavy atom. The van der Waals surface area contributed by atoms with Gasteiger partial charge in [0, 0.05) is 13.1 Å². The van der Waals surface area contributed by atoms with E-state index in [1.807, 2.05) is 12.1 Å². The van der Waals surface area contributed by atoms with Crippen molar-refractivity contribution in [2.75, 3.05) is 19.6 Å². The second-order valence-corrected chi connectivity index (χ2v) is 8.08. The van der Waals surface area contributed by atoms with Crippen LogP contribution in [0, 0.1) is 5.41 Å². The van der Waals surface area contributed by atoms with E-state index in [1.54, 1.807) is 12.1 Å². The van der Waals surface area contributed by atoms with Gasteiger partial charge in [0.2, 0.25) is 10.0 Å². The highest BCUT2D eigenvalue weighted by Gasteiger charge is 2.28. The number of benzene rings is 1. The molecule has 0 spiro atoms. The van der Waals surface area contributed by atoms with Gasteiger partial charge in [0.15, 0.2) is 0 Å². The molecule has 1 aliphatic heterocycles. The summed E-state index contributed by atoms with van der Waals surface area (Å²) in [6.07, 6.45) is 4.20. The minimum Gasteiger partial charge on any atom is -0.316 e. The number of aryl methyl sites for hydroxylation is 1. The van der Waals surface area contributed by atoms with E-state index in [-0.39, 0.29) is 5.41 Å². The molecule has 1 saturated heterocycles. The van der Waals surface area contributed by atoms with Crippen molar-refractivity contribution in [1.82, 2.24) is 10.0 Å². The van der Waals surface area contributed by atoms with Gasteiger partial charge in [0.05, 0.1) is 4.90 Å². The van der Waals surface area contributed by atoms with Crippen molar-refractivity contribution in [2.45, 2.75) is 44.4 Å². The Bertz CT molecular complexity index is 546. The van der Waals surface area contributed by atoms with Gasteiger partial charge in [-0.2, -0.15) is 0 Å². The van der Waals surface area contributed by atoms with Crippen LogP contribution >= 0.6 is 0 Å². The molecule has 1 aromatic carbocycles. The summed E-state index contributed by atoms with van der Waals surface area (Å²) in [5, 5.41) is 3.34. The lowest BCUT2D eigenvalue weighted by molar-refractivity contribution is 0.238. The van der Waals surface area contributed by atoms with Crippen molar-refractivity contribution in [1.29, 1.82) is 0 Å². The highest BCUT2D eigenvalue weighted by molar-refractivity contribution is 7.89. The Hall–Kier alpha value is -0.910. The molecule has 2 rings (SSSR count). The summed E-state index contributed by atoms with van der Waals surface area (Å²) in [6.45, 7) is 6.63. The maximum Gasteiger partial charge on any atom is 0.240 e. The SMILES string of the molecule is CCCc1ccc(S(=O)(=O)NCC2(C)CCCNC2)cc1. The van der Waals surface area contributed by atoms with Gasteiger partial charge in [0.1, 0.15) is 0 Å². The van der Waals surface area contributed by atoms with E-state index < -0.39 is 10.0 Å². The van der Waals surface area contributed by atoms with Gasteiger partial charge >= 0.3 is 0 Å². The molecule has 1 fully saturated rings. The fourth-order valence-corrected chi connectivity index (χ4v) is 3.95. The molecule has 0 bridgehead atoms.